The number of ether oxygens (including phenoxy) is 1. The van der Waals surface area contributed by atoms with Gasteiger partial charge in [-0.25, -0.2) is 4.79 Å². The highest BCUT2D eigenvalue weighted by Crippen LogP contribution is 2.35. The molecule has 1 aliphatic carbocycles. The first-order chi connectivity index (χ1) is 8.47. The van der Waals surface area contributed by atoms with E-state index in [1.54, 1.807) is 12.0 Å². The summed E-state index contributed by atoms with van der Waals surface area (Å²) in [7, 11) is 3.10. The summed E-state index contributed by atoms with van der Waals surface area (Å²) in [5, 5.41) is 8.71. The first-order valence-corrected chi connectivity index (χ1v) is 6.19. The number of likely N-dealkylation sites (N-methyl/N-ethyl adjacent to an activating group) is 1. The van der Waals surface area contributed by atoms with Gasteiger partial charge in [0.2, 0.25) is 0 Å². The highest BCUT2D eigenvalue weighted by Gasteiger charge is 2.35. The molecule has 0 bridgehead atoms. The summed E-state index contributed by atoms with van der Waals surface area (Å²) >= 11 is 0. The Labute approximate surface area is 107 Å². The third kappa shape index (κ3) is 4.18. The largest absolute Gasteiger partial charge is 0.480 e. The number of aliphatic carboxylic acids is 1. The van der Waals surface area contributed by atoms with Crippen LogP contribution in [0.25, 0.3) is 0 Å². The van der Waals surface area contributed by atoms with E-state index in [1.807, 2.05) is 6.92 Å². The van der Waals surface area contributed by atoms with Crippen molar-refractivity contribution in [3.05, 3.63) is 0 Å². The molecule has 104 valence electrons. The Kier molecular flexibility index (Phi) is 5.40. The van der Waals surface area contributed by atoms with E-state index < -0.39 is 5.97 Å². The van der Waals surface area contributed by atoms with Crippen LogP contribution in [0, 0.1) is 5.92 Å². The third-order valence-electron chi connectivity index (χ3n) is 3.28. The quantitative estimate of drug-likeness (QED) is 0.735. The van der Waals surface area contributed by atoms with E-state index in [-0.39, 0.29) is 18.6 Å². The maximum Gasteiger partial charge on any atom is 0.323 e. The van der Waals surface area contributed by atoms with Crippen LogP contribution in [0.1, 0.15) is 19.8 Å². The van der Waals surface area contributed by atoms with Crippen molar-refractivity contribution in [3.63, 3.8) is 0 Å². The Hall–Kier alpha value is -1.30. The van der Waals surface area contributed by atoms with Gasteiger partial charge < -0.3 is 19.6 Å². The number of nitrogens with zero attached hydrogens (tertiary/aromatic N) is 2. The molecule has 0 aromatic rings. The first-order valence-electron chi connectivity index (χ1n) is 6.19. The van der Waals surface area contributed by atoms with Gasteiger partial charge in [0.25, 0.3) is 0 Å². The van der Waals surface area contributed by atoms with Gasteiger partial charge in [-0.15, -0.1) is 0 Å². The summed E-state index contributed by atoms with van der Waals surface area (Å²) in [6, 6.07) is -0.0993. The summed E-state index contributed by atoms with van der Waals surface area (Å²) in [6.07, 6.45) is 2.28. The van der Waals surface area contributed by atoms with Crippen LogP contribution in [0.3, 0.4) is 0 Å². The van der Waals surface area contributed by atoms with Crippen molar-refractivity contribution in [2.45, 2.75) is 25.8 Å². The number of amides is 2. The topological polar surface area (TPSA) is 70.1 Å². The zero-order valence-electron chi connectivity index (χ0n) is 11.3. The van der Waals surface area contributed by atoms with Gasteiger partial charge in [0.05, 0.1) is 6.61 Å². The number of methoxy groups -OCH3 is 1. The molecule has 0 aromatic heterocycles. The third-order valence-corrected chi connectivity index (χ3v) is 3.28. The van der Waals surface area contributed by atoms with Gasteiger partial charge in [-0.1, -0.05) is 0 Å². The number of carboxylic acids is 1. The van der Waals surface area contributed by atoms with Crippen LogP contribution in [-0.2, 0) is 9.53 Å². The van der Waals surface area contributed by atoms with Crippen LogP contribution >= 0.6 is 0 Å². The summed E-state index contributed by atoms with van der Waals surface area (Å²) in [5.41, 5.74) is 0. The number of urea groups is 1. The molecule has 1 fully saturated rings. The molecule has 0 heterocycles. The van der Waals surface area contributed by atoms with Crippen molar-refractivity contribution in [2.75, 3.05) is 33.9 Å². The molecule has 1 saturated carbocycles. The normalized spacial score (nSPS) is 16.2. The van der Waals surface area contributed by atoms with Crippen molar-refractivity contribution in [1.82, 2.24) is 9.80 Å². The molecule has 0 radical (unpaired) electrons. The average Bonchev–Trinajstić information content (AvgIpc) is 3.11. The smallest absolute Gasteiger partial charge is 0.323 e. The average molecular weight is 258 g/mol. The van der Waals surface area contributed by atoms with Gasteiger partial charge in [-0.05, 0) is 25.7 Å². The van der Waals surface area contributed by atoms with E-state index in [0.717, 1.165) is 12.8 Å². The highest BCUT2D eigenvalue weighted by atomic mass is 16.5. The molecule has 18 heavy (non-hydrogen) atoms. The number of rotatable bonds is 7. The Morgan fingerprint density at radius 1 is 1.44 bits per heavy atom. The highest BCUT2D eigenvalue weighted by molar-refractivity contribution is 5.80. The zero-order chi connectivity index (χ0) is 13.7. The molecule has 6 nitrogen and oxygen atoms in total. The number of hydrogen-bond acceptors (Lipinski definition) is 3. The van der Waals surface area contributed by atoms with Crippen LogP contribution < -0.4 is 0 Å². The lowest BCUT2D eigenvalue weighted by molar-refractivity contribution is -0.137. The molecule has 6 heteroatoms. The van der Waals surface area contributed by atoms with E-state index in [0.29, 0.717) is 19.1 Å². The molecule has 1 unspecified atom stereocenters. The number of hydrogen-bond donors (Lipinski definition) is 1. The molecule has 0 aromatic carbocycles. The lowest BCUT2D eigenvalue weighted by Gasteiger charge is -2.32. The van der Waals surface area contributed by atoms with Crippen LogP contribution in [0.2, 0.25) is 0 Å². The van der Waals surface area contributed by atoms with Crippen LogP contribution in [-0.4, -0.2) is 66.8 Å². The molecule has 0 aliphatic heterocycles. The molecule has 1 atom stereocenters. The van der Waals surface area contributed by atoms with E-state index in [1.165, 1.54) is 11.9 Å². The number of carbonyl (C=O) groups is 2. The Balaban J connectivity index is 2.61. The minimum Gasteiger partial charge on any atom is -0.480 e. The van der Waals surface area contributed by atoms with E-state index in [9.17, 15) is 9.59 Å². The van der Waals surface area contributed by atoms with Crippen molar-refractivity contribution in [2.24, 2.45) is 5.92 Å². The summed E-state index contributed by atoms with van der Waals surface area (Å²) < 4.78 is 5.00. The maximum atomic E-state index is 12.2. The van der Waals surface area contributed by atoms with Crippen molar-refractivity contribution in [1.29, 1.82) is 0 Å². The van der Waals surface area contributed by atoms with Crippen LogP contribution in [0.5, 0.6) is 0 Å². The minimum absolute atomic E-state index is 0.142. The molecule has 0 saturated heterocycles. The Bertz CT molecular complexity index is 304. The van der Waals surface area contributed by atoms with Gasteiger partial charge >= 0.3 is 12.0 Å². The minimum atomic E-state index is -1.00. The molecular weight excluding hydrogens is 236 g/mol. The fourth-order valence-corrected chi connectivity index (χ4v) is 1.99. The molecular formula is C12H22N2O4. The number of carbonyl (C=O) groups excluding carboxylic acids is 1. The Morgan fingerprint density at radius 3 is 2.50 bits per heavy atom. The predicted molar refractivity (Wildman–Crippen MR) is 66.4 cm³/mol. The van der Waals surface area contributed by atoms with Gasteiger partial charge in [0, 0.05) is 26.7 Å². The van der Waals surface area contributed by atoms with Crippen molar-refractivity contribution in [3.8, 4) is 0 Å². The van der Waals surface area contributed by atoms with Gasteiger partial charge in [-0.2, -0.15) is 0 Å². The van der Waals surface area contributed by atoms with Crippen LogP contribution in [0.15, 0.2) is 0 Å². The molecule has 1 N–H and O–H groups in total. The fraction of sp³-hybridized carbons (Fsp3) is 0.833. The van der Waals surface area contributed by atoms with E-state index >= 15 is 0 Å². The second kappa shape index (κ2) is 6.58. The summed E-state index contributed by atoms with van der Waals surface area (Å²) in [4.78, 5) is 25.8. The Morgan fingerprint density at radius 2 is 2.06 bits per heavy atom. The molecule has 1 aliphatic rings. The standard InChI is InChI=1S/C12H22N2O4/c1-9(10-4-5-10)14(6-7-18-3)12(17)13(2)8-11(15)16/h9-10H,4-8H2,1-3H3,(H,15,16). The lowest BCUT2D eigenvalue weighted by Crippen LogP contribution is -2.49. The van der Waals surface area contributed by atoms with Gasteiger partial charge in [-0.3, -0.25) is 4.79 Å². The van der Waals surface area contributed by atoms with Gasteiger partial charge in [0.1, 0.15) is 6.54 Å². The molecule has 2 amide bonds. The lowest BCUT2D eigenvalue weighted by atomic mass is 10.2. The summed E-state index contributed by atoms with van der Waals surface area (Å²) in [5.74, 6) is -0.458. The second-order valence-corrected chi connectivity index (χ2v) is 4.80. The second-order valence-electron chi connectivity index (χ2n) is 4.80. The monoisotopic (exact) mass is 258 g/mol. The van der Waals surface area contributed by atoms with Crippen molar-refractivity contribution < 1.29 is 19.4 Å². The predicted octanol–water partition coefficient (Wildman–Crippen LogP) is 0.870. The van der Waals surface area contributed by atoms with E-state index in [4.69, 9.17) is 9.84 Å². The van der Waals surface area contributed by atoms with E-state index in [2.05, 4.69) is 0 Å². The van der Waals surface area contributed by atoms with Gasteiger partial charge in [0.15, 0.2) is 0 Å². The van der Waals surface area contributed by atoms with Crippen LogP contribution in [0.4, 0.5) is 4.79 Å². The molecule has 0 spiro atoms. The fourth-order valence-electron chi connectivity index (χ4n) is 1.99. The zero-order valence-corrected chi connectivity index (χ0v) is 11.3. The SMILES string of the molecule is COCCN(C(=O)N(C)CC(=O)O)C(C)C1CC1. The maximum absolute atomic E-state index is 12.2. The molecule has 1 rings (SSSR count). The first kappa shape index (κ1) is 14.8. The number of carboxylic acid groups (broad SMARTS) is 1. The summed E-state index contributed by atoms with van der Waals surface area (Å²) in [6.45, 7) is 2.69. The van der Waals surface area contributed by atoms with Crippen molar-refractivity contribution >= 4 is 12.0 Å².